The van der Waals surface area contributed by atoms with Crippen LogP contribution in [-0.2, 0) is 4.79 Å². The molecule has 11 nitrogen and oxygen atoms in total. The Bertz CT molecular complexity index is 1480. The number of carbonyl (C=O) groups is 1. The van der Waals surface area contributed by atoms with Gasteiger partial charge in [-0.25, -0.2) is 9.97 Å². The molecular formula is C25H23N7O4. The van der Waals surface area contributed by atoms with Gasteiger partial charge in [-0.15, -0.1) is 10.2 Å². The molecule has 1 aliphatic heterocycles. The molecule has 0 saturated carbocycles. The molecule has 1 aliphatic rings. The third-order valence-corrected chi connectivity index (χ3v) is 6.12. The number of fused-ring (bicyclic) bond motifs is 1. The van der Waals surface area contributed by atoms with E-state index in [2.05, 4.69) is 38.6 Å². The van der Waals surface area contributed by atoms with E-state index in [0.717, 1.165) is 0 Å². The summed E-state index contributed by atoms with van der Waals surface area (Å²) in [4.78, 5) is 22.9. The summed E-state index contributed by atoms with van der Waals surface area (Å²) in [5.41, 5.74) is 8.24. The predicted octanol–water partition coefficient (Wildman–Crippen LogP) is 2.51. The number of nitrogens with zero attached hydrogens (tertiary/aromatic N) is 6. The fraction of sp³-hybridized carbons (Fsp3) is 0.240. The zero-order valence-electron chi connectivity index (χ0n) is 19.7. The molecule has 1 aromatic carbocycles. The summed E-state index contributed by atoms with van der Waals surface area (Å²) in [5, 5.41) is 8.43. The van der Waals surface area contributed by atoms with Gasteiger partial charge in [0.05, 0.1) is 31.2 Å². The fourth-order valence-electron chi connectivity index (χ4n) is 4.44. The highest BCUT2D eigenvalue weighted by molar-refractivity contribution is 5.92. The van der Waals surface area contributed by atoms with Crippen molar-refractivity contribution in [2.75, 3.05) is 26.5 Å². The first kappa shape index (κ1) is 22.9. The van der Waals surface area contributed by atoms with Crippen molar-refractivity contribution >= 4 is 22.8 Å². The lowest BCUT2D eigenvalue weighted by Gasteiger charge is -2.19. The van der Waals surface area contributed by atoms with Gasteiger partial charge in [0.15, 0.2) is 0 Å². The quantitative estimate of drug-likeness (QED) is 0.334. The van der Waals surface area contributed by atoms with Crippen molar-refractivity contribution in [1.29, 1.82) is 0 Å². The zero-order chi connectivity index (χ0) is 25.2. The number of hydrogen-bond donors (Lipinski definition) is 1. The van der Waals surface area contributed by atoms with Crippen molar-refractivity contribution in [1.82, 2.24) is 29.6 Å². The summed E-state index contributed by atoms with van der Waals surface area (Å²) < 4.78 is 18.1. The lowest BCUT2D eigenvalue weighted by Crippen LogP contribution is -2.30. The second kappa shape index (κ2) is 9.42. The normalized spacial score (nSPS) is 17.0. The summed E-state index contributed by atoms with van der Waals surface area (Å²) in [6, 6.07) is 4.88. The Morgan fingerprint density at radius 2 is 2.00 bits per heavy atom. The smallest absolute Gasteiger partial charge is 0.246 e. The minimum atomic E-state index is -0.390. The molecule has 11 heteroatoms. The molecule has 2 N–H and O–H groups in total. The van der Waals surface area contributed by atoms with Crippen molar-refractivity contribution in [3.8, 4) is 23.3 Å². The number of nitrogen functional groups attached to an aromatic ring is 1. The molecule has 0 aliphatic carbocycles. The molecule has 1 amide bonds. The molecule has 36 heavy (non-hydrogen) atoms. The molecule has 0 radical (unpaired) electrons. The van der Waals surface area contributed by atoms with Gasteiger partial charge in [-0.3, -0.25) is 4.79 Å². The summed E-state index contributed by atoms with van der Waals surface area (Å²) in [6.07, 6.45) is 6.36. The topological polar surface area (TPSA) is 134 Å². The van der Waals surface area contributed by atoms with E-state index in [-0.39, 0.29) is 11.9 Å². The first-order chi connectivity index (χ1) is 17.5. The summed E-state index contributed by atoms with van der Waals surface area (Å²) in [7, 11) is 3.17. The van der Waals surface area contributed by atoms with Crippen LogP contribution in [0.3, 0.4) is 0 Å². The number of carbonyl (C=O) groups excluding carboxylic acids is 1. The molecule has 182 valence electrons. The van der Waals surface area contributed by atoms with Crippen molar-refractivity contribution < 1.29 is 18.7 Å². The first-order valence-corrected chi connectivity index (χ1v) is 11.1. The van der Waals surface area contributed by atoms with Crippen molar-refractivity contribution in [3.05, 3.63) is 66.8 Å². The van der Waals surface area contributed by atoms with E-state index in [9.17, 15) is 4.79 Å². The summed E-state index contributed by atoms with van der Waals surface area (Å²) in [6.45, 7) is 4.02. The molecule has 0 spiro atoms. The number of rotatable bonds is 5. The van der Waals surface area contributed by atoms with Gasteiger partial charge in [0.2, 0.25) is 18.2 Å². The maximum atomic E-state index is 12.6. The van der Waals surface area contributed by atoms with Gasteiger partial charge in [0.1, 0.15) is 35.3 Å². The van der Waals surface area contributed by atoms with E-state index < -0.39 is 6.04 Å². The van der Waals surface area contributed by atoms with E-state index in [1.807, 2.05) is 22.9 Å². The van der Waals surface area contributed by atoms with Crippen molar-refractivity contribution in [2.45, 2.75) is 18.5 Å². The van der Waals surface area contributed by atoms with Crippen LogP contribution in [0.2, 0.25) is 0 Å². The number of aromatic nitrogens is 5. The molecule has 2 atom stereocenters. The number of likely N-dealkylation sites (tertiary alicyclic amines) is 1. The molecule has 1 fully saturated rings. The molecule has 4 aromatic rings. The number of amides is 1. The van der Waals surface area contributed by atoms with Gasteiger partial charge < -0.3 is 29.1 Å². The highest BCUT2D eigenvalue weighted by Crippen LogP contribution is 2.39. The third-order valence-electron chi connectivity index (χ3n) is 6.12. The Hall–Kier alpha value is -4.85. The summed E-state index contributed by atoms with van der Waals surface area (Å²) >= 11 is 0. The Balaban J connectivity index is 1.57. The van der Waals surface area contributed by atoms with E-state index >= 15 is 0 Å². The van der Waals surface area contributed by atoms with Crippen LogP contribution in [0.25, 0.3) is 11.0 Å². The van der Waals surface area contributed by atoms with Gasteiger partial charge in [-0.1, -0.05) is 18.4 Å². The minimum Gasteiger partial charge on any atom is -0.497 e. The van der Waals surface area contributed by atoms with Gasteiger partial charge in [-0.2, -0.15) is 0 Å². The maximum absolute atomic E-state index is 12.6. The van der Waals surface area contributed by atoms with Crippen LogP contribution >= 0.6 is 0 Å². The molecule has 0 unspecified atom stereocenters. The Morgan fingerprint density at radius 3 is 2.67 bits per heavy atom. The van der Waals surface area contributed by atoms with Gasteiger partial charge >= 0.3 is 0 Å². The molecule has 1 saturated heterocycles. The van der Waals surface area contributed by atoms with Crippen LogP contribution in [0.5, 0.6) is 11.5 Å². The van der Waals surface area contributed by atoms with Crippen molar-refractivity contribution in [3.63, 3.8) is 0 Å². The number of ether oxygens (including phenoxy) is 2. The van der Waals surface area contributed by atoms with E-state index in [1.165, 1.54) is 18.8 Å². The van der Waals surface area contributed by atoms with Gasteiger partial charge in [-0.05, 0) is 24.6 Å². The standard InChI is InChI=1S/C25H23N7O4/c1-4-21(33)32-12-17(9-20(32)25-30-29-14-36-25)31-11-16(22-23(26)27-13-28-24(22)31)6-5-15-7-18(34-2)10-19(8-15)35-3/h4,7-8,10-11,13-14,17,20H,1,9,12H2,2-3H3,(H2,26,27,28)/t17-,20-/m0/s1. The first-order valence-electron chi connectivity index (χ1n) is 11.1. The second-order valence-electron chi connectivity index (χ2n) is 8.14. The number of nitrogens with two attached hydrogens (primary N) is 1. The van der Waals surface area contributed by atoms with E-state index in [0.29, 0.717) is 58.3 Å². The molecular weight excluding hydrogens is 462 g/mol. The maximum Gasteiger partial charge on any atom is 0.246 e. The molecule has 4 heterocycles. The molecule has 5 rings (SSSR count). The SMILES string of the molecule is C=CC(=O)N1C[C@@H](n2cc(C#Cc3cc(OC)cc(OC)c3)c3c(N)ncnc32)C[C@H]1c1nnco1. The highest BCUT2D eigenvalue weighted by atomic mass is 16.5. The van der Waals surface area contributed by atoms with Crippen LogP contribution in [0, 0.1) is 11.8 Å². The van der Waals surface area contributed by atoms with Gasteiger partial charge in [0, 0.05) is 24.4 Å². The minimum absolute atomic E-state index is 0.143. The predicted molar refractivity (Wildman–Crippen MR) is 130 cm³/mol. The van der Waals surface area contributed by atoms with Crippen LogP contribution in [0.4, 0.5) is 5.82 Å². The fourth-order valence-corrected chi connectivity index (χ4v) is 4.44. The highest BCUT2D eigenvalue weighted by Gasteiger charge is 2.39. The lowest BCUT2D eigenvalue weighted by molar-refractivity contribution is -0.127. The van der Waals surface area contributed by atoms with E-state index in [1.54, 1.807) is 25.2 Å². The third kappa shape index (κ3) is 4.09. The Morgan fingerprint density at radius 1 is 1.22 bits per heavy atom. The Kier molecular flexibility index (Phi) is 6.00. The van der Waals surface area contributed by atoms with Crippen LogP contribution < -0.4 is 15.2 Å². The number of hydrogen-bond acceptors (Lipinski definition) is 9. The lowest BCUT2D eigenvalue weighted by atomic mass is 10.1. The Labute approximate surface area is 206 Å². The van der Waals surface area contributed by atoms with E-state index in [4.69, 9.17) is 19.6 Å². The van der Waals surface area contributed by atoms with Crippen LogP contribution in [-0.4, -0.2) is 56.3 Å². The average molecular weight is 486 g/mol. The largest absolute Gasteiger partial charge is 0.497 e. The second-order valence-corrected chi connectivity index (χ2v) is 8.14. The van der Waals surface area contributed by atoms with Crippen molar-refractivity contribution in [2.24, 2.45) is 0 Å². The zero-order valence-corrected chi connectivity index (χ0v) is 19.7. The average Bonchev–Trinajstić information content (AvgIpc) is 3.65. The molecule has 0 bridgehead atoms. The number of anilines is 1. The number of methoxy groups -OCH3 is 2. The molecule has 3 aromatic heterocycles. The van der Waals surface area contributed by atoms with Gasteiger partial charge in [0.25, 0.3) is 0 Å². The monoisotopic (exact) mass is 485 g/mol. The number of benzene rings is 1. The van der Waals surface area contributed by atoms with Crippen LogP contribution in [0.1, 0.15) is 35.5 Å². The van der Waals surface area contributed by atoms with Crippen LogP contribution in [0.15, 0.2) is 54.2 Å². The summed E-state index contributed by atoms with van der Waals surface area (Å²) in [5.74, 6) is 8.08.